The average molecular weight is 285 g/mol. The second-order valence-corrected chi connectivity index (χ2v) is 7.16. The molecule has 0 aliphatic heterocycles. The molecule has 1 unspecified atom stereocenters. The molecule has 0 aromatic carbocycles. The summed E-state index contributed by atoms with van der Waals surface area (Å²) in [4.78, 5) is 0. The first kappa shape index (κ1) is 14.7. The minimum atomic E-state index is -0.499. The van der Waals surface area contributed by atoms with Gasteiger partial charge in [-0.05, 0) is 18.8 Å². The van der Waals surface area contributed by atoms with E-state index in [0.29, 0.717) is 13.2 Å². The molecule has 1 aliphatic rings. The molecule has 0 spiro atoms. The van der Waals surface area contributed by atoms with Gasteiger partial charge in [-0.15, -0.1) is 10.2 Å². The second-order valence-electron chi connectivity index (χ2n) is 6.18. The molecule has 0 amide bonds. The van der Waals surface area contributed by atoms with Gasteiger partial charge in [-0.3, -0.25) is 0 Å². The number of aliphatic hydroxyl groups excluding tert-OH is 1. The van der Waals surface area contributed by atoms with E-state index in [1.165, 1.54) is 24.2 Å². The van der Waals surface area contributed by atoms with Crippen molar-refractivity contribution in [2.45, 2.75) is 45.1 Å². The van der Waals surface area contributed by atoms with Crippen LogP contribution in [-0.2, 0) is 10.2 Å². The monoisotopic (exact) mass is 285 g/mol. The minimum absolute atomic E-state index is 0.0174. The van der Waals surface area contributed by atoms with E-state index in [4.69, 9.17) is 4.74 Å². The Morgan fingerprint density at radius 1 is 1.42 bits per heavy atom. The number of anilines is 1. The number of rotatable bonds is 7. The number of nitrogens with zero attached hydrogens (tertiary/aromatic N) is 2. The van der Waals surface area contributed by atoms with Gasteiger partial charge >= 0.3 is 0 Å². The van der Waals surface area contributed by atoms with Gasteiger partial charge in [-0.1, -0.05) is 32.1 Å². The number of aliphatic hydroxyl groups is 1. The van der Waals surface area contributed by atoms with E-state index < -0.39 is 6.10 Å². The zero-order chi connectivity index (χ0) is 13.9. The first-order valence-corrected chi connectivity index (χ1v) is 7.60. The lowest BCUT2D eigenvalue weighted by Crippen LogP contribution is -2.25. The smallest absolute Gasteiger partial charge is 0.205 e. The maximum atomic E-state index is 9.78. The Hall–Kier alpha value is -0.720. The first-order chi connectivity index (χ1) is 8.95. The van der Waals surface area contributed by atoms with Crippen LogP contribution < -0.4 is 5.32 Å². The van der Waals surface area contributed by atoms with Crippen LogP contribution in [-0.4, -0.2) is 41.2 Å². The lowest BCUT2D eigenvalue weighted by molar-refractivity contribution is 0.0386. The van der Waals surface area contributed by atoms with Crippen molar-refractivity contribution in [3.05, 3.63) is 5.01 Å². The van der Waals surface area contributed by atoms with Gasteiger partial charge in [0.05, 0.1) is 12.7 Å². The van der Waals surface area contributed by atoms with E-state index in [2.05, 4.69) is 36.3 Å². The fourth-order valence-corrected chi connectivity index (χ4v) is 2.33. The molecule has 2 N–H and O–H groups in total. The van der Waals surface area contributed by atoms with Crippen molar-refractivity contribution in [3.8, 4) is 0 Å². The highest BCUT2D eigenvalue weighted by molar-refractivity contribution is 7.15. The molecule has 0 radical (unpaired) electrons. The molecule has 1 aromatic heterocycles. The molecule has 1 fully saturated rings. The Morgan fingerprint density at radius 2 is 2.16 bits per heavy atom. The van der Waals surface area contributed by atoms with Crippen LogP contribution in [0.1, 0.15) is 38.6 Å². The van der Waals surface area contributed by atoms with Crippen LogP contribution in [0.4, 0.5) is 5.13 Å². The first-order valence-electron chi connectivity index (χ1n) is 6.79. The van der Waals surface area contributed by atoms with E-state index in [1.807, 2.05) is 0 Å². The molecule has 1 atom stereocenters. The standard InChI is InChI=1S/C13H23N3O2S/c1-13(2,3)11-15-16-12(19-11)14-6-10(17)8-18-7-9-4-5-9/h9-10,17H,4-8H2,1-3H3,(H,14,16). The summed E-state index contributed by atoms with van der Waals surface area (Å²) in [6.45, 7) is 7.94. The van der Waals surface area contributed by atoms with Crippen LogP contribution in [0, 0.1) is 5.92 Å². The zero-order valence-corrected chi connectivity index (χ0v) is 12.7. The Morgan fingerprint density at radius 3 is 2.74 bits per heavy atom. The Labute approximate surface area is 118 Å². The molecule has 108 valence electrons. The molecule has 1 aliphatic carbocycles. The third kappa shape index (κ3) is 5.04. The largest absolute Gasteiger partial charge is 0.389 e. The summed E-state index contributed by atoms with van der Waals surface area (Å²) in [7, 11) is 0. The van der Waals surface area contributed by atoms with Crippen molar-refractivity contribution >= 4 is 16.5 Å². The molecule has 0 saturated heterocycles. The predicted octanol–water partition coefficient (Wildman–Crippen LogP) is 2.03. The third-order valence-electron chi connectivity index (χ3n) is 2.92. The van der Waals surface area contributed by atoms with Gasteiger partial charge in [0.1, 0.15) is 5.01 Å². The van der Waals surface area contributed by atoms with E-state index in [0.717, 1.165) is 22.7 Å². The topological polar surface area (TPSA) is 67.3 Å². The molecule has 19 heavy (non-hydrogen) atoms. The summed E-state index contributed by atoms with van der Waals surface area (Å²) in [5.74, 6) is 0.734. The maximum absolute atomic E-state index is 9.78. The zero-order valence-electron chi connectivity index (χ0n) is 11.8. The van der Waals surface area contributed by atoms with Crippen molar-refractivity contribution in [2.24, 2.45) is 5.92 Å². The predicted molar refractivity (Wildman–Crippen MR) is 76.6 cm³/mol. The van der Waals surface area contributed by atoms with Crippen LogP contribution in [0.5, 0.6) is 0 Å². The molecule has 1 aromatic rings. The third-order valence-corrected chi connectivity index (χ3v) is 4.22. The number of hydrogen-bond acceptors (Lipinski definition) is 6. The highest BCUT2D eigenvalue weighted by Gasteiger charge is 2.22. The molecule has 1 heterocycles. The highest BCUT2D eigenvalue weighted by atomic mass is 32.1. The number of nitrogens with one attached hydrogen (secondary N) is 1. The van der Waals surface area contributed by atoms with Crippen molar-refractivity contribution in [3.63, 3.8) is 0 Å². The van der Waals surface area contributed by atoms with E-state index in [-0.39, 0.29) is 5.41 Å². The summed E-state index contributed by atoms with van der Waals surface area (Å²) in [6, 6.07) is 0. The van der Waals surface area contributed by atoms with Gasteiger partial charge < -0.3 is 15.2 Å². The van der Waals surface area contributed by atoms with Crippen molar-refractivity contribution in [1.82, 2.24) is 10.2 Å². The molecular formula is C13H23N3O2S. The van der Waals surface area contributed by atoms with Gasteiger partial charge in [0.2, 0.25) is 5.13 Å². The summed E-state index contributed by atoms with van der Waals surface area (Å²) in [6.07, 6.45) is 2.05. The Bertz CT molecular complexity index is 399. The van der Waals surface area contributed by atoms with E-state index >= 15 is 0 Å². The summed E-state index contributed by atoms with van der Waals surface area (Å²) in [5, 5.41) is 22.9. The molecule has 5 nitrogen and oxygen atoms in total. The SMILES string of the molecule is CC(C)(C)c1nnc(NCC(O)COCC2CC2)s1. The Kier molecular flexibility index (Phi) is 4.76. The molecule has 1 saturated carbocycles. The number of hydrogen-bond donors (Lipinski definition) is 2. The molecule has 2 rings (SSSR count). The van der Waals surface area contributed by atoms with E-state index in [1.54, 1.807) is 0 Å². The molecular weight excluding hydrogens is 262 g/mol. The van der Waals surface area contributed by atoms with Crippen molar-refractivity contribution < 1.29 is 9.84 Å². The van der Waals surface area contributed by atoms with Crippen LogP contribution in [0.2, 0.25) is 0 Å². The summed E-state index contributed by atoms with van der Waals surface area (Å²) in [5.41, 5.74) is 0.0174. The van der Waals surface area contributed by atoms with Crippen LogP contribution in [0.15, 0.2) is 0 Å². The highest BCUT2D eigenvalue weighted by Crippen LogP contribution is 2.29. The summed E-state index contributed by atoms with van der Waals surface area (Å²) >= 11 is 1.54. The lowest BCUT2D eigenvalue weighted by Gasteiger charge is -2.12. The quantitative estimate of drug-likeness (QED) is 0.802. The average Bonchev–Trinajstić information content (AvgIpc) is 3.01. The molecule has 6 heteroatoms. The fourth-order valence-electron chi connectivity index (χ4n) is 1.52. The van der Waals surface area contributed by atoms with Crippen molar-refractivity contribution in [1.29, 1.82) is 0 Å². The second kappa shape index (κ2) is 6.15. The Balaban J connectivity index is 1.67. The normalized spacial score (nSPS) is 17.5. The minimum Gasteiger partial charge on any atom is -0.389 e. The van der Waals surface area contributed by atoms with Crippen LogP contribution in [0.25, 0.3) is 0 Å². The summed E-state index contributed by atoms with van der Waals surface area (Å²) < 4.78 is 5.44. The number of ether oxygens (including phenoxy) is 1. The fraction of sp³-hybridized carbons (Fsp3) is 0.846. The van der Waals surface area contributed by atoms with E-state index in [9.17, 15) is 5.11 Å². The number of aromatic nitrogens is 2. The van der Waals surface area contributed by atoms with Crippen LogP contribution in [0.3, 0.4) is 0 Å². The molecule has 0 bridgehead atoms. The maximum Gasteiger partial charge on any atom is 0.205 e. The van der Waals surface area contributed by atoms with Crippen LogP contribution >= 0.6 is 11.3 Å². The van der Waals surface area contributed by atoms with Gasteiger partial charge in [0.25, 0.3) is 0 Å². The van der Waals surface area contributed by atoms with Gasteiger partial charge in [-0.2, -0.15) is 0 Å². The van der Waals surface area contributed by atoms with Gasteiger partial charge in [-0.25, -0.2) is 0 Å². The van der Waals surface area contributed by atoms with Crippen molar-refractivity contribution in [2.75, 3.05) is 25.1 Å². The lowest BCUT2D eigenvalue weighted by atomic mass is 9.98. The van der Waals surface area contributed by atoms with Gasteiger partial charge in [0.15, 0.2) is 0 Å². The van der Waals surface area contributed by atoms with Gasteiger partial charge in [0, 0.05) is 18.6 Å².